The fraction of sp³-hybridized carbons (Fsp3) is 0.200. The average molecular weight is 642 g/mol. The van der Waals surface area contributed by atoms with Gasteiger partial charge in [0.2, 0.25) is 0 Å². The molecule has 2 aromatic carbocycles. The number of pyridine rings is 1. The van der Waals surface area contributed by atoms with E-state index in [2.05, 4.69) is 10.3 Å². The van der Waals surface area contributed by atoms with E-state index in [9.17, 15) is 48.7 Å². The summed E-state index contributed by atoms with van der Waals surface area (Å²) in [4.78, 5) is 15.4. The van der Waals surface area contributed by atoms with Crippen LogP contribution in [0, 0.1) is 3.57 Å². The molecule has 35 heavy (non-hydrogen) atoms. The van der Waals surface area contributed by atoms with Crippen molar-refractivity contribution in [1.29, 1.82) is 0 Å². The van der Waals surface area contributed by atoms with Crippen LogP contribution in [-0.2, 0) is 5.67 Å². The van der Waals surface area contributed by atoms with Gasteiger partial charge in [-0.1, -0.05) is 12.1 Å². The van der Waals surface area contributed by atoms with E-state index < -0.39 is 60.9 Å². The van der Waals surface area contributed by atoms with Crippen molar-refractivity contribution in [3.8, 4) is 0 Å². The van der Waals surface area contributed by atoms with Crippen LogP contribution in [0.2, 0.25) is 0 Å². The number of aromatic nitrogens is 1. The minimum Gasteiger partial charge on any atom is -0.320 e. The summed E-state index contributed by atoms with van der Waals surface area (Å²) in [7, 11) is 0. The lowest BCUT2D eigenvalue weighted by molar-refractivity contribution is -0.348. The van der Waals surface area contributed by atoms with E-state index in [0.29, 0.717) is 10.9 Å². The topological polar surface area (TPSA) is 42.0 Å². The molecule has 15 heteroatoms. The Bertz CT molecular complexity index is 1260. The highest BCUT2D eigenvalue weighted by atomic mass is 127. The largest absolute Gasteiger partial charge is 0.446 e. The molecule has 0 unspecified atom stereocenters. The molecule has 188 valence electrons. The Balaban J connectivity index is 2.12. The number of nitrogens with one attached hydrogen (secondary N) is 1. The summed E-state index contributed by atoms with van der Waals surface area (Å²) in [5.41, 5.74) is -13.8. The molecule has 1 amide bonds. The van der Waals surface area contributed by atoms with Gasteiger partial charge in [-0.15, -0.1) is 0 Å². The van der Waals surface area contributed by atoms with E-state index >= 15 is 0 Å². The van der Waals surface area contributed by atoms with Crippen LogP contribution in [0.5, 0.6) is 0 Å². The number of hydrogen-bond donors (Lipinski definition) is 1. The van der Waals surface area contributed by atoms with Crippen molar-refractivity contribution in [3.63, 3.8) is 0 Å². The molecule has 0 radical (unpaired) electrons. The molecule has 3 rings (SSSR count). The number of amides is 1. The summed E-state index contributed by atoms with van der Waals surface area (Å²) >= 11 is 0.0169. The third-order valence-corrected chi connectivity index (χ3v) is 6.19. The fourth-order valence-electron chi connectivity index (χ4n) is 2.99. The van der Waals surface area contributed by atoms with Gasteiger partial charge in [0, 0.05) is 31.2 Å². The molecule has 0 aliphatic carbocycles. The molecule has 0 saturated carbocycles. The van der Waals surface area contributed by atoms with Gasteiger partial charge < -0.3 is 5.32 Å². The Kier molecular flexibility index (Phi) is 7.25. The van der Waals surface area contributed by atoms with E-state index in [-0.39, 0.29) is 17.7 Å². The Labute approximate surface area is 207 Å². The number of anilines is 1. The maximum Gasteiger partial charge on any atom is 0.446 e. The van der Waals surface area contributed by atoms with Crippen LogP contribution in [-0.4, -0.2) is 28.8 Å². The number of halogens is 11. The summed E-state index contributed by atoms with van der Waals surface area (Å²) in [5.74, 6) is -1.02. The number of thioether (sulfide) groups is 1. The predicted octanol–water partition coefficient (Wildman–Crippen LogP) is 7.99. The van der Waals surface area contributed by atoms with E-state index in [1.54, 1.807) is 12.1 Å². The minimum atomic E-state index is -6.53. The maximum atomic E-state index is 14.5. The first kappa shape index (κ1) is 27.3. The summed E-state index contributed by atoms with van der Waals surface area (Å²) in [6.45, 7) is 0. The number of hydrogen-bond acceptors (Lipinski definition) is 3. The molecule has 0 aliphatic rings. The van der Waals surface area contributed by atoms with Crippen LogP contribution in [0.15, 0.2) is 53.6 Å². The third kappa shape index (κ3) is 5.59. The quantitative estimate of drug-likeness (QED) is 0.178. The second-order valence-corrected chi connectivity index (χ2v) is 9.17. The van der Waals surface area contributed by atoms with Crippen molar-refractivity contribution in [2.45, 2.75) is 28.4 Å². The first-order valence-corrected chi connectivity index (χ1v) is 10.9. The van der Waals surface area contributed by atoms with Crippen LogP contribution in [0.4, 0.5) is 49.6 Å². The van der Waals surface area contributed by atoms with Crippen LogP contribution in [0.25, 0.3) is 10.9 Å². The van der Waals surface area contributed by atoms with Gasteiger partial charge in [0.15, 0.2) is 0 Å². The lowest BCUT2D eigenvalue weighted by atomic mass is 9.94. The molecule has 3 nitrogen and oxygen atoms in total. The van der Waals surface area contributed by atoms with Crippen molar-refractivity contribution in [2.75, 3.05) is 5.32 Å². The molecule has 1 N–H and O–H groups in total. The van der Waals surface area contributed by atoms with Gasteiger partial charge in [0.1, 0.15) is 0 Å². The minimum absolute atomic E-state index is 0.0829. The number of rotatable bonds is 4. The molecular formula is C20H9F10IN2OS. The van der Waals surface area contributed by atoms with Gasteiger partial charge in [-0.3, -0.25) is 9.78 Å². The third-order valence-electron chi connectivity index (χ3n) is 4.57. The van der Waals surface area contributed by atoms with Gasteiger partial charge in [-0.25, -0.2) is 4.39 Å². The van der Waals surface area contributed by atoms with Crippen molar-refractivity contribution >= 4 is 56.9 Å². The Hall–Kier alpha value is -2.30. The zero-order chi connectivity index (χ0) is 26.4. The number of carbonyl (C=O) groups is 1. The number of nitrogens with zero attached hydrogens (tertiary/aromatic N) is 1. The first-order valence-electron chi connectivity index (χ1n) is 9.02. The van der Waals surface area contributed by atoms with Crippen LogP contribution in [0.3, 0.4) is 0 Å². The molecule has 0 atom stereocenters. The number of alkyl halides is 10. The Morgan fingerprint density at radius 3 is 2.09 bits per heavy atom. The zero-order valence-corrected chi connectivity index (χ0v) is 19.5. The molecule has 0 saturated heterocycles. The number of carbonyl (C=O) groups excluding carboxylic acids is 1. The summed E-state index contributed by atoms with van der Waals surface area (Å²) in [5, 5.41) is 2.68. The van der Waals surface area contributed by atoms with E-state index in [1.807, 2.05) is 0 Å². The van der Waals surface area contributed by atoms with Gasteiger partial charge in [0.05, 0.1) is 11.2 Å². The molecular weight excluding hydrogens is 633 g/mol. The molecule has 0 bridgehead atoms. The van der Waals surface area contributed by atoms with Crippen molar-refractivity contribution in [3.05, 3.63) is 63.4 Å². The highest BCUT2D eigenvalue weighted by molar-refractivity contribution is 14.1. The highest BCUT2D eigenvalue weighted by Crippen LogP contribution is 2.55. The number of fused-ring (bicyclic) bond motifs is 1. The summed E-state index contributed by atoms with van der Waals surface area (Å²) in [6.07, 6.45) is -11.6. The van der Waals surface area contributed by atoms with E-state index in [0.717, 1.165) is 22.6 Å². The van der Waals surface area contributed by atoms with Crippen LogP contribution in [0.1, 0.15) is 15.9 Å². The monoisotopic (exact) mass is 642 g/mol. The van der Waals surface area contributed by atoms with Crippen molar-refractivity contribution < 1.29 is 48.7 Å². The molecule has 0 fully saturated rings. The average Bonchev–Trinajstić information content (AvgIpc) is 2.72. The summed E-state index contributed by atoms with van der Waals surface area (Å²) < 4.78 is 132. The molecule has 0 aliphatic heterocycles. The number of benzene rings is 2. The molecule has 0 spiro atoms. The molecule has 1 heterocycles. The predicted molar refractivity (Wildman–Crippen MR) is 116 cm³/mol. The second-order valence-electron chi connectivity index (χ2n) is 6.90. The SMILES string of the molecule is O=C(Nc1c(I)cc(C(F)(C(F)(F)F)C(F)(F)F)cc1SC(F)(F)F)c1ccc2cccnc2c1. The molecule has 3 aromatic rings. The van der Waals surface area contributed by atoms with Crippen LogP contribution < -0.4 is 5.32 Å². The molecule has 1 aromatic heterocycles. The normalized spacial score (nSPS) is 13.2. The van der Waals surface area contributed by atoms with E-state index in [1.165, 1.54) is 24.4 Å². The van der Waals surface area contributed by atoms with Gasteiger partial charge in [-0.05, 0) is 64.7 Å². The highest BCUT2D eigenvalue weighted by Gasteiger charge is 2.73. The Morgan fingerprint density at radius 1 is 0.886 bits per heavy atom. The van der Waals surface area contributed by atoms with Crippen molar-refractivity contribution in [1.82, 2.24) is 4.98 Å². The second kappa shape index (κ2) is 9.29. The van der Waals surface area contributed by atoms with Gasteiger partial charge >= 0.3 is 23.5 Å². The maximum absolute atomic E-state index is 14.5. The Morgan fingerprint density at radius 2 is 1.51 bits per heavy atom. The zero-order valence-electron chi connectivity index (χ0n) is 16.5. The summed E-state index contributed by atoms with van der Waals surface area (Å²) in [6, 6.07) is 7.17. The van der Waals surface area contributed by atoms with Gasteiger partial charge in [0.25, 0.3) is 5.91 Å². The van der Waals surface area contributed by atoms with Gasteiger partial charge in [-0.2, -0.15) is 39.5 Å². The lowest BCUT2D eigenvalue weighted by Crippen LogP contribution is -2.50. The van der Waals surface area contributed by atoms with Crippen LogP contribution >= 0.6 is 34.4 Å². The lowest BCUT2D eigenvalue weighted by Gasteiger charge is -2.31. The standard InChI is InChI=1S/C20H9F10IN2OS/c21-17(18(22,23)24,19(25,26)27)11-7-12(31)15(14(8-11)35-20(28,29)30)33-16(34)10-4-3-9-2-1-5-32-13(9)6-10/h1-8H,(H,33,34). The van der Waals surface area contributed by atoms with E-state index in [4.69, 9.17) is 0 Å². The van der Waals surface area contributed by atoms with Crippen molar-refractivity contribution in [2.24, 2.45) is 0 Å². The fourth-order valence-corrected chi connectivity index (χ4v) is 4.63. The smallest absolute Gasteiger partial charge is 0.320 e. The first-order chi connectivity index (χ1) is 15.9.